The van der Waals surface area contributed by atoms with Gasteiger partial charge in [0.25, 0.3) is 0 Å². The molecule has 1 N–H and O–H groups in total. The highest BCUT2D eigenvalue weighted by Crippen LogP contribution is 2.37. The minimum Gasteiger partial charge on any atom is -0.490 e. The van der Waals surface area contributed by atoms with E-state index in [4.69, 9.17) is 9.47 Å². The Kier molecular flexibility index (Phi) is 7.00. The monoisotopic (exact) mass is 355 g/mol. The number of halogens is 1. The lowest BCUT2D eigenvalue weighted by Gasteiger charge is -2.25. The average Bonchev–Trinajstić information content (AvgIpc) is 3.00. The van der Waals surface area contributed by atoms with Crippen LogP contribution in [0.1, 0.15) is 44.2 Å². The van der Waals surface area contributed by atoms with Crippen LogP contribution in [-0.2, 0) is 4.74 Å². The van der Waals surface area contributed by atoms with E-state index in [1.165, 1.54) is 31.2 Å². The van der Waals surface area contributed by atoms with Gasteiger partial charge in [0, 0.05) is 13.2 Å². The topological polar surface area (TPSA) is 30.5 Å². The molecule has 118 valence electrons. The van der Waals surface area contributed by atoms with E-state index in [2.05, 4.69) is 46.4 Å². The van der Waals surface area contributed by atoms with Crippen LogP contribution in [0.5, 0.6) is 5.75 Å². The van der Waals surface area contributed by atoms with Crippen molar-refractivity contribution in [1.29, 1.82) is 0 Å². The van der Waals surface area contributed by atoms with Gasteiger partial charge in [-0.1, -0.05) is 25.8 Å². The molecule has 3 nitrogen and oxygen atoms in total. The lowest BCUT2D eigenvalue weighted by molar-refractivity contribution is 0.146. The van der Waals surface area contributed by atoms with Crippen LogP contribution in [0, 0.1) is 5.92 Å². The fourth-order valence-electron chi connectivity index (χ4n) is 3.13. The first-order chi connectivity index (χ1) is 10.3. The second kappa shape index (κ2) is 8.76. The molecule has 0 amide bonds. The third-order valence-electron chi connectivity index (χ3n) is 4.16. The first kappa shape index (κ1) is 16.8. The van der Waals surface area contributed by atoms with Gasteiger partial charge in [-0.3, -0.25) is 0 Å². The zero-order chi connectivity index (χ0) is 15.1. The Morgan fingerprint density at radius 2 is 2.05 bits per heavy atom. The molecule has 0 aliphatic heterocycles. The van der Waals surface area contributed by atoms with Gasteiger partial charge < -0.3 is 14.8 Å². The number of methoxy groups -OCH3 is 1. The number of hydrogen-bond acceptors (Lipinski definition) is 3. The summed E-state index contributed by atoms with van der Waals surface area (Å²) in [6.45, 7) is 4.37. The number of ether oxygens (including phenoxy) is 2. The molecule has 1 aliphatic rings. The molecule has 4 heteroatoms. The minimum absolute atomic E-state index is 0.460. The van der Waals surface area contributed by atoms with Crippen molar-refractivity contribution in [2.75, 3.05) is 26.9 Å². The van der Waals surface area contributed by atoms with E-state index in [1.54, 1.807) is 7.11 Å². The maximum absolute atomic E-state index is 5.71. The van der Waals surface area contributed by atoms with Crippen LogP contribution < -0.4 is 10.1 Å². The smallest absolute Gasteiger partial charge is 0.133 e. The van der Waals surface area contributed by atoms with Crippen LogP contribution in [0.3, 0.4) is 0 Å². The van der Waals surface area contributed by atoms with Crippen LogP contribution in [0.4, 0.5) is 0 Å². The van der Waals surface area contributed by atoms with Gasteiger partial charge in [0.1, 0.15) is 12.4 Å². The van der Waals surface area contributed by atoms with Gasteiger partial charge in [0.15, 0.2) is 0 Å². The second-order valence-corrected chi connectivity index (χ2v) is 6.47. The SMILES string of the molecule is CCNC(c1ccc(OCCOC)c(Br)c1)C1CCCC1. The zero-order valence-electron chi connectivity index (χ0n) is 13.0. The highest BCUT2D eigenvalue weighted by molar-refractivity contribution is 9.10. The van der Waals surface area contributed by atoms with Gasteiger partial charge in [-0.15, -0.1) is 0 Å². The standard InChI is InChI=1S/C17H26BrNO2/c1-3-19-17(13-6-4-5-7-13)14-8-9-16(15(18)12-14)21-11-10-20-2/h8-9,12-13,17,19H,3-7,10-11H2,1-2H3. The first-order valence-corrected chi connectivity index (χ1v) is 8.70. The lowest BCUT2D eigenvalue weighted by Crippen LogP contribution is -2.27. The molecule has 1 fully saturated rings. The summed E-state index contributed by atoms with van der Waals surface area (Å²) in [4.78, 5) is 0. The lowest BCUT2D eigenvalue weighted by atomic mass is 9.91. The Hall–Kier alpha value is -0.580. The first-order valence-electron chi connectivity index (χ1n) is 7.90. The fourth-order valence-corrected chi connectivity index (χ4v) is 3.64. The molecule has 1 aromatic rings. The van der Waals surface area contributed by atoms with Gasteiger partial charge in [-0.2, -0.15) is 0 Å². The molecule has 1 unspecified atom stereocenters. The summed E-state index contributed by atoms with van der Waals surface area (Å²) in [6.07, 6.45) is 5.40. The molecule has 1 saturated carbocycles. The number of benzene rings is 1. The summed E-state index contributed by atoms with van der Waals surface area (Å²) in [5, 5.41) is 3.66. The Labute approximate surface area is 136 Å². The Morgan fingerprint density at radius 1 is 1.29 bits per heavy atom. The van der Waals surface area contributed by atoms with Crippen molar-refractivity contribution in [1.82, 2.24) is 5.32 Å². The summed E-state index contributed by atoms with van der Waals surface area (Å²) in [6, 6.07) is 6.92. The fraction of sp³-hybridized carbons (Fsp3) is 0.647. The summed E-state index contributed by atoms with van der Waals surface area (Å²) >= 11 is 3.63. The predicted octanol–water partition coefficient (Wildman–Crippen LogP) is 4.32. The van der Waals surface area contributed by atoms with E-state index in [0.29, 0.717) is 19.3 Å². The van der Waals surface area contributed by atoms with Crippen LogP contribution >= 0.6 is 15.9 Å². The molecule has 0 bridgehead atoms. The number of rotatable bonds is 8. The van der Waals surface area contributed by atoms with Crippen molar-refractivity contribution in [2.24, 2.45) is 5.92 Å². The van der Waals surface area contributed by atoms with Crippen molar-refractivity contribution in [3.05, 3.63) is 28.2 Å². The second-order valence-electron chi connectivity index (χ2n) is 5.61. The van der Waals surface area contributed by atoms with E-state index in [0.717, 1.165) is 22.7 Å². The normalized spacial score (nSPS) is 17.1. The Morgan fingerprint density at radius 3 is 2.67 bits per heavy atom. The number of hydrogen-bond donors (Lipinski definition) is 1. The Balaban J connectivity index is 2.08. The molecule has 1 atom stereocenters. The highest BCUT2D eigenvalue weighted by Gasteiger charge is 2.26. The molecule has 2 rings (SSSR count). The van der Waals surface area contributed by atoms with Gasteiger partial charge in [0.05, 0.1) is 11.1 Å². The Bertz CT molecular complexity index is 433. The van der Waals surface area contributed by atoms with Crippen molar-refractivity contribution in [3.8, 4) is 5.75 Å². The van der Waals surface area contributed by atoms with Crippen LogP contribution in [0.2, 0.25) is 0 Å². The van der Waals surface area contributed by atoms with Crippen molar-refractivity contribution in [3.63, 3.8) is 0 Å². The van der Waals surface area contributed by atoms with Crippen molar-refractivity contribution < 1.29 is 9.47 Å². The number of nitrogens with one attached hydrogen (secondary N) is 1. The molecule has 0 radical (unpaired) electrons. The molecular weight excluding hydrogens is 330 g/mol. The maximum Gasteiger partial charge on any atom is 0.133 e. The molecule has 1 aromatic carbocycles. The predicted molar refractivity (Wildman–Crippen MR) is 89.9 cm³/mol. The van der Waals surface area contributed by atoms with Crippen molar-refractivity contribution in [2.45, 2.75) is 38.6 Å². The highest BCUT2D eigenvalue weighted by atomic mass is 79.9. The van der Waals surface area contributed by atoms with E-state index in [-0.39, 0.29) is 0 Å². The van der Waals surface area contributed by atoms with Gasteiger partial charge in [-0.05, 0) is 58.9 Å². The van der Waals surface area contributed by atoms with E-state index in [9.17, 15) is 0 Å². The van der Waals surface area contributed by atoms with E-state index in [1.807, 2.05) is 0 Å². The molecule has 1 aliphatic carbocycles. The van der Waals surface area contributed by atoms with Crippen LogP contribution in [0.25, 0.3) is 0 Å². The molecule has 21 heavy (non-hydrogen) atoms. The molecule has 0 heterocycles. The quantitative estimate of drug-likeness (QED) is 0.704. The molecular formula is C17H26BrNO2. The van der Waals surface area contributed by atoms with Crippen LogP contribution in [-0.4, -0.2) is 26.9 Å². The molecule has 0 aromatic heterocycles. The van der Waals surface area contributed by atoms with Crippen molar-refractivity contribution >= 4 is 15.9 Å². The maximum atomic E-state index is 5.71. The summed E-state index contributed by atoms with van der Waals surface area (Å²) in [5.74, 6) is 1.65. The van der Waals surface area contributed by atoms with Gasteiger partial charge in [0.2, 0.25) is 0 Å². The third kappa shape index (κ3) is 4.70. The van der Waals surface area contributed by atoms with E-state index < -0.39 is 0 Å². The third-order valence-corrected chi connectivity index (χ3v) is 4.78. The van der Waals surface area contributed by atoms with Gasteiger partial charge >= 0.3 is 0 Å². The summed E-state index contributed by atoms with van der Waals surface area (Å²) in [7, 11) is 1.68. The molecule has 0 saturated heterocycles. The van der Waals surface area contributed by atoms with E-state index >= 15 is 0 Å². The summed E-state index contributed by atoms with van der Waals surface area (Å²) < 4.78 is 11.7. The zero-order valence-corrected chi connectivity index (χ0v) is 14.6. The largest absolute Gasteiger partial charge is 0.490 e. The minimum atomic E-state index is 0.460. The summed E-state index contributed by atoms with van der Waals surface area (Å²) in [5.41, 5.74) is 1.36. The van der Waals surface area contributed by atoms with Gasteiger partial charge in [-0.25, -0.2) is 0 Å². The average molecular weight is 356 g/mol. The van der Waals surface area contributed by atoms with Crippen LogP contribution in [0.15, 0.2) is 22.7 Å². The molecule has 0 spiro atoms.